The van der Waals surface area contributed by atoms with E-state index in [1.54, 1.807) is 17.1 Å². The number of nitrogens with two attached hydrogens (primary N) is 1. The third kappa shape index (κ3) is 6.57. The number of hydrogen-bond acceptors (Lipinski definition) is 4. The minimum atomic E-state index is -0.700. The van der Waals surface area contributed by atoms with Crippen LogP contribution < -0.4 is 5.73 Å². The summed E-state index contributed by atoms with van der Waals surface area (Å²) in [7, 11) is 0. The van der Waals surface area contributed by atoms with Crippen molar-refractivity contribution >= 4 is 12.0 Å². The molecule has 0 aromatic rings. The van der Waals surface area contributed by atoms with Gasteiger partial charge in [0.1, 0.15) is 11.6 Å². The van der Waals surface area contributed by atoms with Crippen LogP contribution in [-0.2, 0) is 9.53 Å². The van der Waals surface area contributed by atoms with E-state index in [-0.39, 0.29) is 24.3 Å². The molecule has 168 valence electrons. The van der Waals surface area contributed by atoms with Crippen molar-refractivity contribution in [3.05, 3.63) is 109 Å². The van der Waals surface area contributed by atoms with Crippen LogP contribution in [0.25, 0.3) is 0 Å². The first-order valence-electron chi connectivity index (χ1n) is 10.0. The van der Waals surface area contributed by atoms with E-state index in [0.29, 0.717) is 23.4 Å². The van der Waals surface area contributed by atoms with E-state index in [4.69, 9.17) is 10.5 Å². The highest BCUT2D eigenvalue weighted by Crippen LogP contribution is 2.24. The Bertz CT molecular complexity index is 1010. The number of carbonyl (C=O) groups is 2. The highest BCUT2D eigenvalue weighted by atomic mass is 19.1. The zero-order chi connectivity index (χ0) is 23.8. The lowest BCUT2D eigenvalue weighted by Crippen LogP contribution is -2.48. The van der Waals surface area contributed by atoms with Gasteiger partial charge in [0.05, 0.1) is 11.7 Å². The van der Waals surface area contributed by atoms with E-state index in [0.717, 1.165) is 11.6 Å². The first kappa shape index (κ1) is 24.4. The molecule has 6 nitrogen and oxygen atoms in total. The maximum atomic E-state index is 12.8. The molecule has 0 bridgehead atoms. The van der Waals surface area contributed by atoms with Gasteiger partial charge in [-0.3, -0.25) is 9.69 Å². The fourth-order valence-corrected chi connectivity index (χ4v) is 3.26. The second kappa shape index (κ2) is 10.9. The van der Waals surface area contributed by atoms with Crippen LogP contribution in [0.5, 0.6) is 0 Å². The molecule has 1 aliphatic heterocycles. The molecule has 0 aromatic heterocycles. The molecule has 2 aliphatic rings. The number of amides is 2. The van der Waals surface area contributed by atoms with Crippen molar-refractivity contribution in [2.45, 2.75) is 26.3 Å². The van der Waals surface area contributed by atoms with Crippen LogP contribution in [0.4, 0.5) is 9.18 Å². The SMILES string of the molecule is C=C(F)/C=C\C(=C)OC(=O)N1C=C(/C=C\C(=C)C2=C(N)CC=CC=C2)N(C(C)=O)C(C)C1. The monoisotopic (exact) mass is 437 g/mol. The summed E-state index contributed by atoms with van der Waals surface area (Å²) in [6.07, 6.45) is 14.7. The predicted octanol–water partition coefficient (Wildman–Crippen LogP) is 4.91. The largest absolute Gasteiger partial charge is 0.419 e. The molecule has 0 spiro atoms. The number of nitrogens with zero attached hydrogens (tertiary/aromatic N) is 2. The first-order chi connectivity index (χ1) is 15.1. The lowest BCUT2D eigenvalue weighted by molar-refractivity contribution is -0.129. The minimum absolute atomic E-state index is 0.0366. The van der Waals surface area contributed by atoms with Gasteiger partial charge in [0.25, 0.3) is 0 Å². The predicted molar refractivity (Wildman–Crippen MR) is 124 cm³/mol. The quantitative estimate of drug-likeness (QED) is 0.473. The van der Waals surface area contributed by atoms with Crippen molar-refractivity contribution in [3.63, 3.8) is 0 Å². The topological polar surface area (TPSA) is 75.9 Å². The van der Waals surface area contributed by atoms with Gasteiger partial charge in [0, 0.05) is 37.4 Å². The molecular weight excluding hydrogens is 409 g/mol. The third-order valence-electron chi connectivity index (χ3n) is 4.71. The van der Waals surface area contributed by atoms with E-state index < -0.39 is 11.9 Å². The summed E-state index contributed by atoms with van der Waals surface area (Å²) >= 11 is 0. The lowest BCUT2D eigenvalue weighted by Gasteiger charge is -2.37. The van der Waals surface area contributed by atoms with Gasteiger partial charge in [-0.15, -0.1) is 0 Å². The van der Waals surface area contributed by atoms with Gasteiger partial charge >= 0.3 is 6.09 Å². The normalized spacial score (nSPS) is 18.7. The summed E-state index contributed by atoms with van der Waals surface area (Å²) in [4.78, 5) is 27.7. The Morgan fingerprint density at radius 2 is 1.94 bits per heavy atom. The molecule has 0 saturated carbocycles. The van der Waals surface area contributed by atoms with Crippen LogP contribution in [0.3, 0.4) is 0 Å². The molecule has 1 atom stereocenters. The number of rotatable bonds is 6. The molecule has 0 radical (unpaired) electrons. The van der Waals surface area contributed by atoms with Crippen LogP contribution in [-0.4, -0.2) is 34.4 Å². The third-order valence-corrected chi connectivity index (χ3v) is 4.71. The van der Waals surface area contributed by atoms with Gasteiger partial charge < -0.3 is 15.4 Å². The molecule has 32 heavy (non-hydrogen) atoms. The Labute approximate surface area is 188 Å². The summed E-state index contributed by atoms with van der Waals surface area (Å²) in [6, 6.07) is -0.307. The average molecular weight is 438 g/mol. The van der Waals surface area contributed by atoms with Crippen molar-refractivity contribution < 1.29 is 18.7 Å². The molecule has 2 amide bonds. The molecule has 7 heteroatoms. The number of halogens is 1. The van der Waals surface area contributed by atoms with E-state index >= 15 is 0 Å². The minimum Gasteiger partial charge on any atom is -0.411 e. The van der Waals surface area contributed by atoms with Crippen LogP contribution >= 0.6 is 0 Å². The fourth-order valence-electron chi connectivity index (χ4n) is 3.26. The average Bonchev–Trinajstić information content (AvgIpc) is 2.94. The Morgan fingerprint density at radius 3 is 2.59 bits per heavy atom. The molecule has 1 heterocycles. The molecular formula is C25H28FN3O3. The number of carbonyl (C=O) groups excluding carboxylic acids is 2. The van der Waals surface area contributed by atoms with Crippen molar-refractivity contribution in [1.29, 1.82) is 0 Å². The number of allylic oxidation sites excluding steroid dienone is 11. The van der Waals surface area contributed by atoms with Gasteiger partial charge in [-0.2, -0.15) is 0 Å². The van der Waals surface area contributed by atoms with Crippen molar-refractivity contribution in [2.75, 3.05) is 6.54 Å². The van der Waals surface area contributed by atoms with Crippen molar-refractivity contribution in [1.82, 2.24) is 9.80 Å². The molecule has 1 aliphatic carbocycles. The fraction of sp³-hybridized carbons (Fsp3) is 0.200. The summed E-state index contributed by atoms with van der Waals surface area (Å²) < 4.78 is 17.9. The molecule has 2 N–H and O–H groups in total. The number of hydrogen-bond donors (Lipinski definition) is 1. The van der Waals surface area contributed by atoms with Crippen molar-refractivity contribution in [2.24, 2.45) is 5.73 Å². The summed E-state index contributed by atoms with van der Waals surface area (Å²) in [5, 5.41) is 0. The highest BCUT2D eigenvalue weighted by Gasteiger charge is 2.30. The van der Waals surface area contributed by atoms with Crippen LogP contribution in [0.15, 0.2) is 109 Å². The molecule has 0 fully saturated rings. The maximum Gasteiger partial charge on any atom is 0.419 e. The second-order valence-electron chi connectivity index (χ2n) is 7.35. The molecule has 0 saturated heterocycles. The maximum absolute atomic E-state index is 12.8. The van der Waals surface area contributed by atoms with Crippen LogP contribution in [0, 0.1) is 0 Å². The zero-order valence-electron chi connectivity index (χ0n) is 18.4. The van der Waals surface area contributed by atoms with Gasteiger partial charge in [-0.25, -0.2) is 9.18 Å². The summed E-state index contributed by atoms with van der Waals surface area (Å²) in [6.45, 7) is 14.2. The van der Waals surface area contributed by atoms with Crippen molar-refractivity contribution in [3.8, 4) is 0 Å². The van der Waals surface area contributed by atoms with E-state index in [1.807, 2.05) is 31.2 Å². The number of ether oxygens (including phenoxy) is 1. The highest BCUT2D eigenvalue weighted by molar-refractivity contribution is 5.78. The first-order valence-corrected chi connectivity index (χ1v) is 10.0. The Kier molecular flexibility index (Phi) is 8.35. The van der Waals surface area contributed by atoms with E-state index in [1.165, 1.54) is 24.1 Å². The van der Waals surface area contributed by atoms with Gasteiger partial charge in [-0.05, 0) is 30.7 Å². The lowest BCUT2D eigenvalue weighted by atomic mass is 10.0. The molecule has 0 aromatic carbocycles. The van der Waals surface area contributed by atoms with Crippen LogP contribution in [0.2, 0.25) is 0 Å². The zero-order valence-corrected chi connectivity index (χ0v) is 18.4. The van der Waals surface area contributed by atoms with Gasteiger partial charge in [-0.1, -0.05) is 50.1 Å². The van der Waals surface area contributed by atoms with Crippen LogP contribution in [0.1, 0.15) is 20.3 Å². The Hall–Kier alpha value is -3.87. The van der Waals surface area contributed by atoms with E-state index in [2.05, 4.69) is 19.7 Å². The smallest absolute Gasteiger partial charge is 0.411 e. The summed E-state index contributed by atoms with van der Waals surface area (Å²) in [5.41, 5.74) is 8.78. The molecule has 2 rings (SSSR count). The van der Waals surface area contributed by atoms with Gasteiger partial charge in [0.15, 0.2) is 0 Å². The standard InChI is InChI=1S/C25H28FN3O3/c1-17(23-9-7-6-8-10-24(23)27)11-14-22-16-28(15-19(3)29(22)21(5)30)25(31)32-20(4)13-12-18(2)26/h6-9,11-14,16,19H,1-2,4,10,15,27H2,3,5H3/b13-12-,14-11-. The van der Waals surface area contributed by atoms with E-state index in [9.17, 15) is 14.0 Å². The second-order valence-corrected chi connectivity index (χ2v) is 7.35. The van der Waals surface area contributed by atoms with Gasteiger partial charge in [0.2, 0.25) is 5.91 Å². The Balaban J connectivity index is 2.27. The summed E-state index contributed by atoms with van der Waals surface area (Å²) in [5.74, 6) is -0.892. The molecule has 1 unspecified atom stereocenters. The Morgan fingerprint density at radius 1 is 1.22 bits per heavy atom.